The van der Waals surface area contributed by atoms with Gasteiger partial charge in [-0.15, -0.1) is 0 Å². The highest BCUT2D eigenvalue weighted by atomic mass is 16.5. The zero-order valence-electron chi connectivity index (χ0n) is 17.1. The summed E-state index contributed by atoms with van der Waals surface area (Å²) in [5.74, 6) is 1.70. The molecule has 3 aromatic rings. The topological polar surface area (TPSA) is 30.5 Å². The average Bonchev–Trinajstić information content (AvgIpc) is 3.12. The van der Waals surface area contributed by atoms with E-state index in [1.165, 1.54) is 38.9 Å². The summed E-state index contributed by atoms with van der Waals surface area (Å²) in [4.78, 5) is 0. The van der Waals surface area contributed by atoms with Gasteiger partial charge >= 0.3 is 0 Å². The summed E-state index contributed by atoms with van der Waals surface area (Å²) in [7, 11) is 0. The van der Waals surface area contributed by atoms with Gasteiger partial charge in [0.05, 0.1) is 19.3 Å². The van der Waals surface area contributed by atoms with Crippen molar-refractivity contribution in [2.45, 2.75) is 32.7 Å². The van der Waals surface area contributed by atoms with Gasteiger partial charge in [-0.25, -0.2) is 0 Å². The molecule has 1 aliphatic heterocycles. The highest BCUT2D eigenvalue weighted by Crippen LogP contribution is 2.41. The first-order chi connectivity index (χ1) is 14.3. The molecule has 0 bridgehead atoms. The Balaban J connectivity index is 1.54. The molecule has 3 heteroatoms. The molecule has 0 aromatic heterocycles. The van der Waals surface area contributed by atoms with Crippen LogP contribution < -0.4 is 14.8 Å². The van der Waals surface area contributed by atoms with Crippen LogP contribution in [-0.4, -0.2) is 19.8 Å². The maximum Gasteiger partial charge on any atom is 0.161 e. The van der Waals surface area contributed by atoms with Crippen molar-refractivity contribution in [3.63, 3.8) is 0 Å². The summed E-state index contributed by atoms with van der Waals surface area (Å²) in [6.45, 7) is 6.28. The molecule has 0 radical (unpaired) electrons. The fourth-order valence-electron chi connectivity index (χ4n) is 4.74. The Morgan fingerprint density at radius 2 is 1.59 bits per heavy atom. The fraction of sp³-hybridized carbons (Fsp3) is 0.308. The quantitative estimate of drug-likeness (QED) is 0.506. The molecule has 29 heavy (non-hydrogen) atoms. The predicted octanol–water partition coefficient (Wildman–Crippen LogP) is 5.29. The van der Waals surface area contributed by atoms with Crippen LogP contribution in [0.2, 0.25) is 0 Å². The number of nitrogens with one attached hydrogen (secondary N) is 1. The van der Waals surface area contributed by atoms with Gasteiger partial charge in [-0.05, 0) is 77.8 Å². The second-order valence-corrected chi connectivity index (χ2v) is 7.75. The Morgan fingerprint density at radius 1 is 0.828 bits per heavy atom. The first-order valence-electron chi connectivity index (χ1n) is 10.7. The number of rotatable bonds is 5. The number of ether oxygens (including phenoxy) is 2. The van der Waals surface area contributed by atoms with E-state index < -0.39 is 0 Å². The Hall–Kier alpha value is -2.78. The molecule has 0 saturated carbocycles. The molecular weight excluding hydrogens is 358 g/mol. The fourth-order valence-corrected chi connectivity index (χ4v) is 4.74. The number of benzene rings is 3. The third-order valence-electron chi connectivity index (χ3n) is 6.01. The van der Waals surface area contributed by atoms with Crippen molar-refractivity contribution in [2.75, 3.05) is 19.8 Å². The molecule has 148 valence electrons. The Bertz CT molecular complexity index is 1060. The monoisotopic (exact) mass is 385 g/mol. The van der Waals surface area contributed by atoms with Crippen LogP contribution in [0.4, 0.5) is 0 Å². The van der Waals surface area contributed by atoms with Crippen LogP contribution in [-0.2, 0) is 12.8 Å². The van der Waals surface area contributed by atoms with Crippen molar-refractivity contribution < 1.29 is 9.47 Å². The van der Waals surface area contributed by atoms with Crippen LogP contribution in [0.5, 0.6) is 11.5 Å². The third kappa shape index (κ3) is 3.20. The van der Waals surface area contributed by atoms with Crippen LogP contribution in [0.15, 0.2) is 54.6 Å². The van der Waals surface area contributed by atoms with Gasteiger partial charge in [0.1, 0.15) is 0 Å². The molecular formula is C26H27NO2. The zero-order valence-corrected chi connectivity index (χ0v) is 17.1. The van der Waals surface area contributed by atoms with Crippen molar-refractivity contribution in [3.05, 3.63) is 82.4 Å². The van der Waals surface area contributed by atoms with Gasteiger partial charge in [0.2, 0.25) is 0 Å². The molecule has 0 saturated heterocycles. The minimum Gasteiger partial charge on any atom is -0.490 e. The lowest BCUT2D eigenvalue weighted by atomic mass is 9.88. The van der Waals surface area contributed by atoms with Gasteiger partial charge in [-0.2, -0.15) is 0 Å². The first-order valence-corrected chi connectivity index (χ1v) is 10.7. The summed E-state index contributed by atoms with van der Waals surface area (Å²) in [5, 5.41) is 3.73. The zero-order chi connectivity index (χ0) is 19.8. The normalized spacial score (nSPS) is 16.7. The van der Waals surface area contributed by atoms with Gasteiger partial charge in [0, 0.05) is 6.54 Å². The molecule has 0 spiro atoms. The van der Waals surface area contributed by atoms with Gasteiger partial charge < -0.3 is 14.8 Å². The summed E-state index contributed by atoms with van der Waals surface area (Å²) < 4.78 is 11.8. The van der Waals surface area contributed by atoms with Crippen LogP contribution in [0, 0.1) is 0 Å². The van der Waals surface area contributed by atoms with E-state index >= 15 is 0 Å². The summed E-state index contributed by atoms with van der Waals surface area (Å²) in [6.07, 6.45) is 2.03. The van der Waals surface area contributed by atoms with E-state index in [1.54, 1.807) is 0 Å². The minimum atomic E-state index is 0.183. The second-order valence-electron chi connectivity index (χ2n) is 7.75. The van der Waals surface area contributed by atoms with Crippen LogP contribution in [0.1, 0.15) is 47.7 Å². The maximum absolute atomic E-state index is 5.90. The summed E-state index contributed by atoms with van der Waals surface area (Å²) in [5.41, 5.74) is 9.59. The molecule has 0 amide bonds. The molecule has 0 unspecified atom stereocenters. The van der Waals surface area contributed by atoms with Crippen molar-refractivity contribution in [1.82, 2.24) is 5.32 Å². The van der Waals surface area contributed by atoms with Gasteiger partial charge in [0.25, 0.3) is 0 Å². The molecule has 2 aliphatic rings. The number of hydrogen-bond acceptors (Lipinski definition) is 3. The van der Waals surface area contributed by atoms with E-state index in [0.29, 0.717) is 13.2 Å². The summed E-state index contributed by atoms with van der Waals surface area (Å²) >= 11 is 0. The molecule has 5 rings (SSSR count). The van der Waals surface area contributed by atoms with Crippen molar-refractivity contribution in [2.24, 2.45) is 0 Å². The maximum atomic E-state index is 5.90. The Labute approximate surface area is 172 Å². The number of fused-ring (bicyclic) bond motifs is 4. The molecule has 1 aliphatic carbocycles. The Morgan fingerprint density at radius 3 is 2.41 bits per heavy atom. The molecule has 0 fully saturated rings. The smallest absolute Gasteiger partial charge is 0.161 e. The van der Waals surface area contributed by atoms with Crippen molar-refractivity contribution >= 4 is 0 Å². The molecule has 1 heterocycles. The highest BCUT2D eigenvalue weighted by Gasteiger charge is 2.26. The van der Waals surface area contributed by atoms with E-state index in [9.17, 15) is 0 Å². The predicted molar refractivity (Wildman–Crippen MR) is 117 cm³/mol. The van der Waals surface area contributed by atoms with Crippen LogP contribution in [0.25, 0.3) is 11.1 Å². The van der Waals surface area contributed by atoms with E-state index in [2.05, 4.69) is 59.9 Å². The van der Waals surface area contributed by atoms with E-state index in [1.807, 2.05) is 13.8 Å². The second kappa shape index (κ2) is 7.57. The summed E-state index contributed by atoms with van der Waals surface area (Å²) in [6, 6.07) is 20.3. The third-order valence-corrected chi connectivity index (χ3v) is 6.01. The lowest BCUT2D eigenvalue weighted by Crippen LogP contribution is -2.30. The lowest BCUT2D eigenvalue weighted by molar-refractivity contribution is 0.286. The largest absolute Gasteiger partial charge is 0.490 e. The van der Waals surface area contributed by atoms with E-state index in [4.69, 9.17) is 9.47 Å². The van der Waals surface area contributed by atoms with Gasteiger partial charge in [0.15, 0.2) is 11.5 Å². The SMILES string of the molecule is CCOc1cc2c(cc1OCC)[C@H](c1ccc3c(c1)Cc1ccccc1-3)NCC2. The standard InChI is InChI=1S/C26H27NO2/c1-3-28-24-15-18-11-12-27-26(23(18)16-25(24)29-4-2)19-9-10-22-20(14-19)13-17-7-5-6-8-21(17)22/h5-10,14-16,26-27H,3-4,11-13H2,1-2H3/t26-/m0/s1. The molecule has 1 atom stereocenters. The first kappa shape index (κ1) is 18.3. The van der Waals surface area contributed by atoms with Gasteiger partial charge in [-0.1, -0.05) is 42.5 Å². The highest BCUT2D eigenvalue weighted by molar-refractivity contribution is 5.77. The minimum absolute atomic E-state index is 0.183. The van der Waals surface area contributed by atoms with Crippen LogP contribution in [0.3, 0.4) is 0 Å². The van der Waals surface area contributed by atoms with Crippen LogP contribution >= 0.6 is 0 Å². The van der Waals surface area contributed by atoms with Crippen molar-refractivity contribution in [1.29, 1.82) is 0 Å². The molecule has 3 aromatic carbocycles. The van der Waals surface area contributed by atoms with Gasteiger partial charge in [-0.3, -0.25) is 0 Å². The van der Waals surface area contributed by atoms with E-state index in [0.717, 1.165) is 30.9 Å². The van der Waals surface area contributed by atoms with Crippen molar-refractivity contribution in [3.8, 4) is 22.6 Å². The molecule has 3 nitrogen and oxygen atoms in total. The molecule has 1 N–H and O–H groups in total. The lowest BCUT2D eigenvalue weighted by Gasteiger charge is -2.29. The van der Waals surface area contributed by atoms with E-state index in [-0.39, 0.29) is 6.04 Å². The Kier molecular flexibility index (Phi) is 4.76. The number of hydrogen-bond donors (Lipinski definition) is 1. The average molecular weight is 386 g/mol.